The van der Waals surface area contributed by atoms with E-state index in [4.69, 9.17) is 0 Å². The molecular formula is C14H22N2O3S2. The molecule has 1 saturated heterocycles. The molecule has 118 valence electrons. The Morgan fingerprint density at radius 3 is 2.57 bits per heavy atom. The van der Waals surface area contributed by atoms with Gasteiger partial charge in [0.25, 0.3) is 0 Å². The monoisotopic (exact) mass is 330 g/mol. The van der Waals surface area contributed by atoms with E-state index in [1.54, 1.807) is 13.2 Å². The Morgan fingerprint density at radius 1 is 1.33 bits per heavy atom. The topological polar surface area (TPSA) is 66.5 Å². The molecule has 7 heteroatoms. The summed E-state index contributed by atoms with van der Waals surface area (Å²) < 4.78 is 37.9. The van der Waals surface area contributed by atoms with Crippen molar-refractivity contribution in [3.8, 4) is 0 Å². The van der Waals surface area contributed by atoms with Crippen LogP contribution in [0.4, 0.5) is 0 Å². The van der Waals surface area contributed by atoms with Gasteiger partial charge in [0, 0.05) is 41.6 Å². The summed E-state index contributed by atoms with van der Waals surface area (Å²) >= 11 is 0. The Bertz CT molecular complexity index is 599. The van der Waals surface area contributed by atoms with Crippen LogP contribution in [-0.2, 0) is 27.4 Å². The van der Waals surface area contributed by atoms with Gasteiger partial charge >= 0.3 is 0 Å². The maximum atomic E-state index is 12.0. The summed E-state index contributed by atoms with van der Waals surface area (Å²) in [6, 6.07) is 7.66. The van der Waals surface area contributed by atoms with Crippen LogP contribution >= 0.6 is 0 Å². The van der Waals surface area contributed by atoms with E-state index in [0.29, 0.717) is 19.5 Å². The summed E-state index contributed by atoms with van der Waals surface area (Å²) in [5.41, 5.74) is 1.12. The van der Waals surface area contributed by atoms with E-state index in [-0.39, 0.29) is 5.25 Å². The average molecular weight is 330 g/mol. The van der Waals surface area contributed by atoms with Crippen LogP contribution in [0.3, 0.4) is 0 Å². The van der Waals surface area contributed by atoms with Crippen LogP contribution in [0.25, 0.3) is 0 Å². The third kappa shape index (κ3) is 4.35. The number of likely N-dealkylation sites (tertiary alicyclic amines) is 1. The van der Waals surface area contributed by atoms with Crippen LogP contribution in [0.5, 0.6) is 0 Å². The van der Waals surface area contributed by atoms with Crippen molar-refractivity contribution in [2.24, 2.45) is 0 Å². The van der Waals surface area contributed by atoms with Gasteiger partial charge in [-0.25, -0.2) is 13.1 Å². The Balaban J connectivity index is 1.95. The van der Waals surface area contributed by atoms with E-state index in [0.717, 1.165) is 23.5 Å². The number of hydrogen-bond acceptors (Lipinski definition) is 4. The van der Waals surface area contributed by atoms with Crippen molar-refractivity contribution in [2.45, 2.75) is 30.0 Å². The maximum Gasteiger partial charge on any atom is 0.215 e. The van der Waals surface area contributed by atoms with Crippen molar-refractivity contribution >= 4 is 20.8 Å². The lowest BCUT2D eigenvalue weighted by atomic mass is 10.2. The molecule has 0 unspecified atom stereocenters. The molecule has 1 aliphatic rings. The summed E-state index contributed by atoms with van der Waals surface area (Å²) in [5.74, 6) is 0. The molecule has 1 aromatic rings. The van der Waals surface area contributed by atoms with Gasteiger partial charge in [-0.2, -0.15) is 0 Å². The fraction of sp³-hybridized carbons (Fsp3) is 0.571. The van der Waals surface area contributed by atoms with Crippen LogP contribution in [0, 0.1) is 0 Å². The summed E-state index contributed by atoms with van der Waals surface area (Å²) in [7, 11) is -4.15. The number of hydrogen-bond donors (Lipinski definition) is 1. The molecule has 0 spiro atoms. The highest BCUT2D eigenvalue weighted by Crippen LogP contribution is 2.19. The molecule has 1 N–H and O–H groups in total. The lowest BCUT2D eigenvalue weighted by molar-refractivity contribution is 0.331. The van der Waals surface area contributed by atoms with Crippen LogP contribution < -0.4 is 4.72 Å². The van der Waals surface area contributed by atoms with E-state index < -0.39 is 20.8 Å². The highest BCUT2D eigenvalue weighted by molar-refractivity contribution is 7.90. The van der Waals surface area contributed by atoms with Crippen LogP contribution in [0.2, 0.25) is 0 Å². The highest BCUT2D eigenvalue weighted by atomic mass is 32.2. The second-order valence-electron chi connectivity index (χ2n) is 5.29. The first-order valence-electron chi connectivity index (χ1n) is 7.05. The molecule has 5 nitrogen and oxygen atoms in total. The van der Waals surface area contributed by atoms with Gasteiger partial charge < -0.3 is 0 Å². The summed E-state index contributed by atoms with van der Waals surface area (Å²) in [6.45, 7) is 4.32. The predicted octanol–water partition coefficient (Wildman–Crippen LogP) is 0.938. The van der Waals surface area contributed by atoms with Crippen molar-refractivity contribution in [1.29, 1.82) is 0 Å². The molecule has 0 saturated carbocycles. The first-order valence-corrected chi connectivity index (χ1v) is 10.2. The lowest BCUT2D eigenvalue weighted by Gasteiger charge is -2.16. The highest BCUT2D eigenvalue weighted by Gasteiger charge is 2.32. The molecule has 1 aliphatic heterocycles. The second kappa shape index (κ2) is 7.00. The predicted molar refractivity (Wildman–Crippen MR) is 85.1 cm³/mol. The van der Waals surface area contributed by atoms with Crippen molar-refractivity contribution in [3.63, 3.8) is 0 Å². The van der Waals surface area contributed by atoms with Gasteiger partial charge in [0.1, 0.15) is 0 Å². The van der Waals surface area contributed by atoms with Crippen LogP contribution in [-0.4, -0.2) is 48.7 Å². The van der Waals surface area contributed by atoms with Crippen molar-refractivity contribution in [2.75, 3.05) is 25.9 Å². The molecule has 0 radical (unpaired) electrons. The molecule has 0 aromatic heterocycles. The summed E-state index contributed by atoms with van der Waals surface area (Å²) in [4.78, 5) is 2.96. The zero-order valence-corrected chi connectivity index (χ0v) is 14.0. The Labute approximate surface area is 129 Å². The van der Waals surface area contributed by atoms with Gasteiger partial charge in [0.2, 0.25) is 10.0 Å². The first-order chi connectivity index (χ1) is 9.92. The largest absolute Gasteiger partial charge is 0.298 e. The minimum absolute atomic E-state index is 0.320. The van der Waals surface area contributed by atoms with Crippen LogP contribution in [0.1, 0.15) is 18.9 Å². The van der Waals surface area contributed by atoms with Gasteiger partial charge in [0.05, 0.1) is 5.25 Å². The van der Waals surface area contributed by atoms with Crippen molar-refractivity contribution < 1.29 is 12.6 Å². The zero-order chi connectivity index (χ0) is 15.5. The first kappa shape index (κ1) is 16.6. The van der Waals surface area contributed by atoms with Crippen LogP contribution in [0.15, 0.2) is 29.2 Å². The molecule has 1 aromatic carbocycles. The van der Waals surface area contributed by atoms with E-state index >= 15 is 0 Å². The fourth-order valence-corrected chi connectivity index (χ4v) is 4.54. The third-order valence-corrected chi connectivity index (χ3v) is 6.56. The zero-order valence-electron chi connectivity index (χ0n) is 12.4. The Hall–Kier alpha value is -0.760. The molecule has 0 amide bonds. The Morgan fingerprint density at radius 2 is 2.00 bits per heavy atom. The lowest BCUT2D eigenvalue weighted by Crippen LogP contribution is -2.36. The molecule has 21 heavy (non-hydrogen) atoms. The number of nitrogens with zero attached hydrogens (tertiary/aromatic N) is 1. The van der Waals surface area contributed by atoms with Gasteiger partial charge in [-0.05, 0) is 30.7 Å². The molecule has 0 aliphatic carbocycles. The van der Waals surface area contributed by atoms with Gasteiger partial charge in [0.15, 0.2) is 0 Å². The Kier molecular flexibility index (Phi) is 5.54. The standard InChI is InChI=1S/C14H22N2O3S2/c1-3-15-21(18,19)14-8-9-16(11-14)10-12-4-6-13(7-5-12)20(2)17/h4-7,14-15H,3,8-11H2,1-2H3/t14-,20+/m1/s1. The third-order valence-electron chi connectivity index (χ3n) is 3.67. The van der Waals surface area contributed by atoms with E-state index in [9.17, 15) is 12.6 Å². The molecule has 1 heterocycles. The average Bonchev–Trinajstić information content (AvgIpc) is 2.88. The fourth-order valence-electron chi connectivity index (χ4n) is 2.56. The smallest absolute Gasteiger partial charge is 0.215 e. The summed E-state index contributed by atoms with van der Waals surface area (Å²) in [6.07, 6.45) is 2.33. The number of benzene rings is 1. The van der Waals surface area contributed by atoms with Crippen molar-refractivity contribution in [1.82, 2.24) is 9.62 Å². The normalized spacial score (nSPS) is 21.5. The quantitative estimate of drug-likeness (QED) is 0.843. The van der Waals surface area contributed by atoms with Gasteiger partial charge in [-0.3, -0.25) is 9.11 Å². The van der Waals surface area contributed by atoms with Gasteiger partial charge in [-0.1, -0.05) is 19.1 Å². The molecule has 0 bridgehead atoms. The van der Waals surface area contributed by atoms with E-state index in [1.165, 1.54) is 0 Å². The second-order valence-corrected chi connectivity index (χ2v) is 8.71. The molecular weight excluding hydrogens is 308 g/mol. The minimum atomic E-state index is -3.19. The molecule has 2 rings (SSSR count). The minimum Gasteiger partial charge on any atom is -0.298 e. The van der Waals surface area contributed by atoms with Crippen molar-refractivity contribution in [3.05, 3.63) is 29.8 Å². The number of sulfonamides is 1. The van der Waals surface area contributed by atoms with E-state index in [2.05, 4.69) is 9.62 Å². The number of rotatable bonds is 6. The maximum absolute atomic E-state index is 12.0. The summed E-state index contributed by atoms with van der Waals surface area (Å²) in [5, 5.41) is -0.320. The van der Waals surface area contributed by atoms with Gasteiger partial charge in [-0.15, -0.1) is 0 Å². The molecule has 2 atom stereocenters. The molecule has 1 fully saturated rings. The SMILES string of the molecule is CCNS(=O)(=O)[C@@H]1CCN(Cc2ccc([S@](C)=O)cc2)C1. The van der Waals surface area contributed by atoms with E-state index in [1.807, 2.05) is 24.3 Å². The number of nitrogens with one attached hydrogen (secondary N) is 1.